The predicted molar refractivity (Wildman–Crippen MR) is 129 cm³/mol. The molecule has 0 aromatic heterocycles. The number of benzene rings is 1. The second-order valence-electron chi connectivity index (χ2n) is 9.36. The van der Waals surface area contributed by atoms with Gasteiger partial charge in [-0.2, -0.15) is 0 Å². The molecule has 7 nitrogen and oxygen atoms in total. The minimum Gasteiger partial charge on any atom is -0.353 e. The Morgan fingerprint density at radius 2 is 1.75 bits per heavy atom. The number of aliphatic imine (C=N–C) groups is 1. The van der Waals surface area contributed by atoms with Crippen LogP contribution in [0.2, 0.25) is 0 Å². The van der Waals surface area contributed by atoms with E-state index in [4.69, 9.17) is 4.99 Å². The Hall–Kier alpha value is -2.35. The largest absolute Gasteiger partial charge is 0.353 e. The maximum Gasteiger partial charge on any atom is 0.253 e. The number of dihydropyridines is 1. The lowest BCUT2D eigenvalue weighted by atomic mass is 9.93. The van der Waals surface area contributed by atoms with Crippen LogP contribution in [0.5, 0.6) is 0 Å². The topological polar surface area (TPSA) is 73.3 Å². The molecule has 2 saturated heterocycles. The third kappa shape index (κ3) is 4.42. The maximum atomic E-state index is 13.0. The number of rotatable bonds is 3. The molecule has 1 amide bonds. The maximum absolute atomic E-state index is 13.0. The number of piperazine rings is 1. The van der Waals surface area contributed by atoms with Crippen LogP contribution < -0.4 is 4.31 Å². The van der Waals surface area contributed by atoms with E-state index in [1.165, 1.54) is 9.88 Å². The molecule has 3 heterocycles. The van der Waals surface area contributed by atoms with Crippen molar-refractivity contribution < 1.29 is 13.2 Å². The number of carbonyl (C=O) groups excluding carboxylic acids is 1. The van der Waals surface area contributed by atoms with Gasteiger partial charge in [0.1, 0.15) is 5.84 Å². The molecule has 3 atom stereocenters. The SMILES string of the molecule is CCC1C=C(C)C(N2CCN(C(=O)c3ccc(N4CC(C)CS4(=O)=O)cc3)CC2)=NC1C. The summed E-state index contributed by atoms with van der Waals surface area (Å²) in [6.45, 7) is 11.8. The minimum atomic E-state index is -3.26. The quantitative estimate of drug-likeness (QED) is 0.698. The third-order valence-electron chi connectivity index (χ3n) is 6.81. The second-order valence-corrected chi connectivity index (χ2v) is 11.3. The fourth-order valence-corrected chi connectivity index (χ4v) is 6.88. The van der Waals surface area contributed by atoms with Gasteiger partial charge >= 0.3 is 0 Å². The van der Waals surface area contributed by atoms with Crippen molar-refractivity contribution in [2.75, 3.05) is 42.8 Å². The lowest BCUT2D eigenvalue weighted by molar-refractivity contribution is 0.0691. The molecule has 1 aromatic carbocycles. The molecule has 4 rings (SSSR count). The fraction of sp³-hybridized carbons (Fsp3) is 0.583. The molecule has 1 aromatic rings. The number of amides is 1. The van der Waals surface area contributed by atoms with Gasteiger partial charge in [-0.05, 0) is 61.9 Å². The number of hydrogen-bond acceptors (Lipinski definition) is 5. The molecule has 0 bridgehead atoms. The van der Waals surface area contributed by atoms with E-state index in [-0.39, 0.29) is 17.6 Å². The summed E-state index contributed by atoms with van der Waals surface area (Å²) in [5.74, 6) is 1.85. The highest BCUT2D eigenvalue weighted by Crippen LogP contribution is 2.28. The first-order chi connectivity index (χ1) is 15.2. The molecule has 0 saturated carbocycles. The van der Waals surface area contributed by atoms with Crippen LogP contribution in [-0.4, -0.2) is 74.5 Å². The molecule has 3 aliphatic heterocycles. The van der Waals surface area contributed by atoms with E-state index in [0.29, 0.717) is 42.8 Å². The van der Waals surface area contributed by atoms with Gasteiger partial charge in [-0.25, -0.2) is 8.42 Å². The van der Waals surface area contributed by atoms with Gasteiger partial charge < -0.3 is 9.80 Å². The molecule has 0 N–H and O–H groups in total. The van der Waals surface area contributed by atoms with Crippen molar-refractivity contribution in [1.29, 1.82) is 0 Å². The third-order valence-corrected chi connectivity index (χ3v) is 8.83. The fourth-order valence-electron chi connectivity index (χ4n) is 4.95. The molecule has 2 fully saturated rings. The highest BCUT2D eigenvalue weighted by atomic mass is 32.2. The van der Waals surface area contributed by atoms with E-state index in [1.807, 2.05) is 11.8 Å². The van der Waals surface area contributed by atoms with Crippen LogP contribution in [0.3, 0.4) is 0 Å². The highest BCUT2D eigenvalue weighted by molar-refractivity contribution is 7.93. The highest BCUT2D eigenvalue weighted by Gasteiger charge is 2.34. The Kier molecular flexibility index (Phi) is 6.34. The summed E-state index contributed by atoms with van der Waals surface area (Å²) in [4.78, 5) is 22.1. The Morgan fingerprint density at radius 3 is 2.31 bits per heavy atom. The number of sulfonamides is 1. The zero-order valence-corrected chi connectivity index (χ0v) is 20.3. The van der Waals surface area contributed by atoms with Gasteiger partial charge in [0.05, 0.1) is 17.5 Å². The normalized spacial score (nSPS) is 27.9. The van der Waals surface area contributed by atoms with Crippen LogP contribution in [0.15, 0.2) is 40.9 Å². The second kappa shape index (κ2) is 8.89. The number of hydrogen-bond donors (Lipinski definition) is 0. The number of amidine groups is 1. The van der Waals surface area contributed by atoms with Crippen molar-refractivity contribution in [3.8, 4) is 0 Å². The zero-order chi connectivity index (χ0) is 23.0. The predicted octanol–water partition coefficient (Wildman–Crippen LogP) is 3.00. The Balaban J connectivity index is 1.38. The van der Waals surface area contributed by atoms with Gasteiger partial charge in [0.25, 0.3) is 5.91 Å². The molecule has 174 valence electrons. The first-order valence-corrected chi connectivity index (χ1v) is 13.2. The van der Waals surface area contributed by atoms with Crippen LogP contribution in [0.25, 0.3) is 0 Å². The number of anilines is 1. The van der Waals surface area contributed by atoms with E-state index in [1.54, 1.807) is 24.3 Å². The van der Waals surface area contributed by atoms with Crippen LogP contribution in [0.4, 0.5) is 5.69 Å². The first-order valence-electron chi connectivity index (χ1n) is 11.6. The average Bonchev–Trinajstić information content (AvgIpc) is 3.06. The summed E-state index contributed by atoms with van der Waals surface area (Å²) in [7, 11) is -3.26. The van der Waals surface area contributed by atoms with Crippen molar-refractivity contribution in [3.63, 3.8) is 0 Å². The zero-order valence-electron chi connectivity index (χ0n) is 19.5. The molecule has 32 heavy (non-hydrogen) atoms. The lowest BCUT2D eigenvalue weighted by Gasteiger charge is -2.38. The minimum absolute atomic E-state index is 0.00823. The van der Waals surface area contributed by atoms with Crippen molar-refractivity contribution in [2.45, 2.75) is 40.2 Å². The molecule has 3 unspecified atom stereocenters. The Morgan fingerprint density at radius 1 is 1.09 bits per heavy atom. The van der Waals surface area contributed by atoms with Crippen molar-refractivity contribution in [1.82, 2.24) is 9.80 Å². The van der Waals surface area contributed by atoms with Crippen LogP contribution in [-0.2, 0) is 10.0 Å². The van der Waals surface area contributed by atoms with Gasteiger partial charge in [-0.1, -0.05) is 19.9 Å². The Bertz CT molecular complexity index is 1020. The number of nitrogens with zero attached hydrogens (tertiary/aromatic N) is 4. The standard InChI is InChI=1S/C24H34N4O3S/c1-5-20-14-18(3)23(25-19(20)4)26-10-12-27(13-11-26)24(29)21-6-8-22(9-7-21)28-15-17(2)16-32(28,30)31/h6-9,14,17,19-20H,5,10-13,15-16H2,1-4H3. The monoisotopic (exact) mass is 458 g/mol. The lowest BCUT2D eigenvalue weighted by Crippen LogP contribution is -2.51. The molecular formula is C24H34N4O3S. The molecule has 0 aliphatic carbocycles. The molecular weight excluding hydrogens is 424 g/mol. The van der Waals surface area contributed by atoms with E-state index in [2.05, 4.69) is 31.7 Å². The van der Waals surface area contributed by atoms with Gasteiger partial charge in [0.2, 0.25) is 10.0 Å². The summed E-state index contributed by atoms with van der Waals surface area (Å²) in [6, 6.07) is 7.27. The average molecular weight is 459 g/mol. The van der Waals surface area contributed by atoms with E-state index in [9.17, 15) is 13.2 Å². The van der Waals surface area contributed by atoms with Crippen LogP contribution >= 0.6 is 0 Å². The van der Waals surface area contributed by atoms with Crippen LogP contribution in [0.1, 0.15) is 44.5 Å². The van der Waals surface area contributed by atoms with E-state index in [0.717, 1.165) is 25.3 Å². The van der Waals surface area contributed by atoms with Crippen molar-refractivity contribution >= 4 is 27.5 Å². The summed E-state index contributed by atoms with van der Waals surface area (Å²) in [6.07, 6.45) is 3.44. The van der Waals surface area contributed by atoms with E-state index < -0.39 is 10.0 Å². The smallest absolute Gasteiger partial charge is 0.253 e. The summed E-state index contributed by atoms with van der Waals surface area (Å²) < 4.78 is 26.1. The molecule has 3 aliphatic rings. The molecule has 0 radical (unpaired) electrons. The Labute approximate surface area is 191 Å². The van der Waals surface area contributed by atoms with Gasteiger partial charge in [0.15, 0.2) is 0 Å². The number of carbonyl (C=O) groups is 1. The van der Waals surface area contributed by atoms with Gasteiger partial charge in [-0.3, -0.25) is 14.1 Å². The van der Waals surface area contributed by atoms with Crippen molar-refractivity contribution in [2.24, 2.45) is 16.8 Å². The summed E-state index contributed by atoms with van der Waals surface area (Å²) >= 11 is 0. The van der Waals surface area contributed by atoms with Gasteiger partial charge in [-0.15, -0.1) is 0 Å². The van der Waals surface area contributed by atoms with E-state index >= 15 is 0 Å². The van der Waals surface area contributed by atoms with Crippen LogP contribution in [0, 0.1) is 11.8 Å². The first kappa shape index (κ1) is 22.8. The summed E-state index contributed by atoms with van der Waals surface area (Å²) in [5.41, 5.74) is 2.46. The van der Waals surface area contributed by atoms with Crippen molar-refractivity contribution in [3.05, 3.63) is 41.5 Å². The summed E-state index contributed by atoms with van der Waals surface area (Å²) in [5, 5.41) is 0. The molecule has 8 heteroatoms. The molecule has 0 spiro atoms. The van der Waals surface area contributed by atoms with Gasteiger partial charge in [0, 0.05) is 38.3 Å².